The third kappa shape index (κ3) is 2.96. The van der Waals surface area contributed by atoms with Crippen molar-refractivity contribution in [3.05, 3.63) is 28.8 Å². The quantitative estimate of drug-likeness (QED) is 0.670. The van der Waals surface area contributed by atoms with Gasteiger partial charge in [-0.05, 0) is 24.6 Å². The number of nitrogens with one attached hydrogen (secondary N) is 1. The van der Waals surface area contributed by atoms with Crippen LogP contribution < -0.4 is 5.32 Å². The highest BCUT2D eigenvalue weighted by Crippen LogP contribution is 2.31. The molecule has 1 atom stereocenters. The van der Waals surface area contributed by atoms with Crippen LogP contribution in [-0.4, -0.2) is 22.8 Å². The van der Waals surface area contributed by atoms with Crippen molar-refractivity contribution in [2.75, 3.05) is 11.9 Å². The third-order valence-electron chi connectivity index (χ3n) is 2.47. The highest BCUT2D eigenvalue weighted by molar-refractivity contribution is 8.01. The molecule has 0 aromatic heterocycles. The van der Waals surface area contributed by atoms with Gasteiger partial charge in [0.25, 0.3) is 0 Å². The van der Waals surface area contributed by atoms with Crippen molar-refractivity contribution in [3.8, 4) is 0 Å². The van der Waals surface area contributed by atoms with E-state index in [0.29, 0.717) is 22.4 Å². The highest BCUT2D eigenvalue weighted by Gasteiger charge is 2.28. The maximum Gasteiger partial charge on any atom is 0.326 e. The normalized spacial score (nSPS) is 18.6. The smallest absolute Gasteiger partial charge is 0.326 e. The summed E-state index contributed by atoms with van der Waals surface area (Å²) < 4.78 is 5.02. The average Bonchev–Trinajstić information content (AvgIpc) is 2.47. The van der Waals surface area contributed by atoms with Gasteiger partial charge in [-0.1, -0.05) is 29.9 Å². The molecule has 1 aromatic carbocycles. The molecule has 0 radical (unpaired) electrons. The number of carbonyl (C=O) groups is 1. The Bertz CT molecular complexity index is 493. The Morgan fingerprint density at radius 1 is 1.67 bits per heavy atom. The molecule has 3 nitrogen and oxygen atoms in total. The van der Waals surface area contributed by atoms with Crippen LogP contribution in [0, 0.1) is 0 Å². The first-order chi connectivity index (χ1) is 8.61. The number of benzene rings is 1. The summed E-state index contributed by atoms with van der Waals surface area (Å²) >= 11 is 12.7. The first-order valence-electron chi connectivity index (χ1n) is 5.49. The van der Waals surface area contributed by atoms with Crippen LogP contribution in [-0.2, 0) is 15.3 Å². The van der Waals surface area contributed by atoms with Gasteiger partial charge in [-0.25, -0.2) is 0 Å². The highest BCUT2D eigenvalue weighted by atomic mass is 35.5. The van der Waals surface area contributed by atoms with Gasteiger partial charge in [-0.3, -0.25) is 4.79 Å². The number of thiocarbonyl (C=S) groups is 1. The van der Waals surface area contributed by atoms with Crippen LogP contribution in [0.5, 0.6) is 0 Å². The maximum absolute atomic E-state index is 11.8. The van der Waals surface area contributed by atoms with Crippen LogP contribution in [0.4, 0.5) is 5.69 Å². The second kappa shape index (κ2) is 5.91. The lowest BCUT2D eigenvalue weighted by atomic mass is 10.2. The predicted octanol–water partition coefficient (Wildman–Crippen LogP) is 3.26. The molecule has 18 heavy (non-hydrogen) atoms. The van der Waals surface area contributed by atoms with E-state index in [4.69, 9.17) is 28.6 Å². The van der Waals surface area contributed by atoms with Crippen molar-refractivity contribution in [2.45, 2.75) is 17.9 Å². The summed E-state index contributed by atoms with van der Waals surface area (Å²) in [7, 11) is 0. The standard InChI is InChI=1S/C12H12ClNO2S2/c1-2-16-12(15)10-11(17)14-9-5-8(13)4-3-7(9)6-18-10/h3-5,10H,2,6H2,1H3,(H,14,17). The molecule has 0 spiro atoms. The van der Waals surface area contributed by atoms with E-state index in [1.807, 2.05) is 18.2 Å². The number of hydrogen-bond acceptors (Lipinski definition) is 4. The van der Waals surface area contributed by atoms with Gasteiger partial charge in [0, 0.05) is 16.5 Å². The Morgan fingerprint density at radius 3 is 3.17 bits per heavy atom. The van der Waals surface area contributed by atoms with E-state index in [1.165, 1.54) is 11.8 Å². The number of fused-ring (bicyclic) bond motifs is 1. The molecule has 0 aliphatic carbocycles. The van der Waals surface area contributed by atoms with Gasteiger partial charge in [-0.2, -0.15) is 0 Å². The van der Waals surface area contributed by atoms with Gasteiger partial charge in [0.1, 0.15) is 4.99 Å². The summed E-state index contributed by atoms with van der Waals surface area (Å²) in [6, 6.07) is 5.58. The molecule has 0 amide bonds. The zero-order valence-electron chi connectivity index (χ0n) is 9.73. The minimum Gasteiger partial charge on any atom is -0.465 e. The minimum absolute atomic E-state index is 0.293. The molecule has 0 fully saturated rings. The number of halogens is 1. The Morgan fingerprint density at radius 2 is 2.44 bits per heavy atom. The molecule has 0 saturated carbocycles. The minimum atomic E-state index is -0.453. The largest absolute Gasteiger partial charge is 0.465 e. The maximum atomic E-state index is 11.8. The molecule has 0 saturated heterocycles. The van der Waals surface area contributed by atoms with Crippen molar-refractivity contribution in [3.63, 3.8) is 0 Å². The van der Waals surface area contributed by atoms with Gasteiger partial charge >= 0.3 is 5.97 Å². The van der Waals surface area contributed by atoms with E-state index >= 15 is 0 Å². The van der Waals surface area contributed by atoms with E-state index in [0.717, 1.165) is 11.3 Å². The topological polar surface area (TPSA) is 38.3 Å². The van der Waals surface area contributed by atoms with E-state index in [1.54, 1.807) is 6.92 Å². The van der Waals surface area contributed by atoms with E-state index < -0.39 is 5.25 Å². The van der Waals surface area contributed by atoms with Gasteiger partial charge in [0.05, 0.1) is 6.61 Å². The molecule has 1 heterocycles. The number of esters is 1. The molecular formula is C12H12ClNO2S2. The van der Waals surface area contributed by atoms with Crippen LogP contribution >= 0.6 is 35.6 Å². The lowest BCUT2D eigenvalue weighted by Gasteiger charge is -2.13. The summed E-state index contributed by atoms with van der Waals surface area (Å²) in [5.41, 5.74) is 1.95. The van der Waals surface area contributed by atoms with E-state index in [-0.39, 0.29) is 5.97 Å². The van der Waals surface area contributed by atoms with Crippen LogP contribution in [0.15, 0.2) is 18.2 Å². The van der Waals surface area contributed by atoms with Crippen LogP contribution in [0.25, 0.3) is 0 Å². The molecule has 96 valence electrons. The lowest BCUT2D eigenvalue weighted by molar-refractivity contribution is -0.141. The second-order valence-corrected chi connectivity index (χ2v) is 5.70. The van der Waals surface area contributed by atoms with Gasteiger partial charge in [0.15, 0.2) is 5.25 Å². The lowest BCUT2D eigenvalue weighted by Crippen LogP contribution is -2.31. The van der Waals surface area contributed by atoms with Crippen LogP contribution in [0.3, 0.4) is 0 Å². The average molecular weight is 302 g/mol. The first-order valence-corrected chi connectivity index (χ1v) is 7.33. The van der Waals surface area contributed by atoms with E-state index in [9.17, 15) is 4.79 Å². The summed E-state index contributed by atoms with van der Waals surface area (Å²) in [5.74, 6) is 0.405. The van der Waals surface area contributed by atoms with Crippen molar-refractivity contribution in [1.82, 2.24) is 0 Å². The molecule has 1 aliphatic heterocycles. The molecule has 0 bridgehead atoms. The SMILES string of the molecule is CCOC(=O)C1SCc2ccc(Cl)cc2NC1=S. The molecule has 6 heteroatoms. The second-order valence-electron chi connectivity index (χ2n) is 3.73. The Labute approximate surface area is 120 Å². The third-order valence-corrected chi connectivity index (χ3v) is 4.44. The zero-order chi connectivity index (χ0) is 13.1. The molecule has 1 aromatic rings. The van der Waals surface area contributed by atoms with Crippen LogP contribution in [0.2, 0.25) is 5.02 Å². The fraction of sp³-hybridized carbons (Fsp3) is 0.333. The fourth-order valence-corrected chi connectivity index (χ4v) is 3.23. The number of carbonyl (C=O) groups excluding carboxylic acids is 1. The Balaban J connectivity index is 2.21. The first kappa shape index (κ1) is 13.6. The number of ether oxygens (including phenoxy) is 1. The number of thioether (sulfide) groups is 1. The van der Waals surface area contributed by atoms with Crippen molar-refractivity contribution in [1.29, 1.82) is 0 Å². The monoisotopic (exact) mass is 301 g/mol. The summed E-state index contributed by atoms with van der Waals surface area (Å²) in [6.07, 6.45) is 0. The molecule has 1 N–H and O–H groups in total. The van der Waals surface area contributed by atoms with Crippen molar-refractivity contribution in [2.24, 2.45) is 0 Å². The predicted molar refractivity (Wildman–Crippen MR) is 79.4 cm³/mol. The number of rotatable bonds is 2. The van der Waals surface area contributed by atoms with Crippen molar-refractivity contribution >= 4 is 52.2 Å². The van der Waals surface area contributed by atoms with Crippen molar-refractivity contribution < 1.29 is 9.53 Å². The van der Waals surface area contributed by atoms with E-state index in [2.05, 4.69) is 5.32 Å². The Hall–Kier alpha value is -0.780. The summed E-state index contributed by atoms with van der Waals surface area (Å²) in [6.45, 7) is 2.14. The molecule has 1 unspecified atom stereocenters. The number of anilines is 1. The molecule has 1 aliphatic rings. The molecular weight excluding hydrogens is 290 g/mol. The Kier molecular flexibility index (Phi) is 4.48. The summed E-state index contributed by atoms with van der Waals surface area (Å²) in [4.78, 5) is 12.3. The molecule has 2 rings (SSSR count). The van der Waals surface area contributed by atoms with Crippen LogP contribution in [0.1, 0.15) is 12.5 Å². The van der Waals surface area contributed by atoms with Gasteiger partial charge in [0.2, 0.25) is 0 Å². The number of hydrogen-bond donors (Lipinski definition) is 1. The zero-order valence-corrected chi connectivity index (χ0v) is 12.1. The van der Waals surface area contributed by atoms with Gasteiger partial charge in [-0.15, -0.1) is 11.8 Å². The van der Waals surface area contributed by atoms with Gasteiger partial charge < -0.3 is 10.1 Å². The summed E-state index contributed by atoms with van der Waals surface area (Å²) in [5, 5.41) is 3.27. The fourth-order valence-electron chi connectivity index (χ4n) is 1.63.